The predicted molar refractivity (Wildman–Crippen MR) is 105 cm³/mol. The number of nitrogens with zero attached hydrogens (tertiary/aromatic N) is 2. The van der Waals surface area contributed by atoms with Crippen molar-refractivity contribution in [2.45, 2.75) is 6.18 Å². The van der Waals surface area contributed by atoms with Crippen molar-refractivity contribution >= 4 is 28.9 Å². The maximum Gasteiger partial charge on any atom is 0.416 e. The van der Waals surface area contributed by atoms with Crippen LogP contribution in [0.3, 0.4) is 0 Å². The van der Waals surface area contributed by atoms with E-state index in [0.29, 0.717) is 22.3 Å². The zero-order valence-electron chi connectivity index (χ0n) is 15.4. The van der Waals surface area contributed by atoms with Gasteiger partial charge in [-0.05, 0) is 48.5 Å². The zero-order chi connectivity index (χ0) is 21.3. The minimum atomic E-state index is -4.49. The van der Waals surface area contributed by atoms with Crippen LogP contribution in [0.4, 0.5) is 35.0 Å². The number of furan rings is 1. The molecule has 7 nitrogen and oxygen atoms in total. The van der Waals surface area contributed by atoms with Gasteiger partial charge in [-0.2, -0.15) is 13.2 Å². The molecule has 0 atom stereocenters. The average molecular weight is 415 g/mol. The Morgan fingerprint density at radius 2 is 1.80 bits per heavy atom. The third-order valence-corrected chi connectivity index (χ3v) is 4.45. The second kappa shape index (κ2) is 7.47. The molecule has 2 amide bonds. The van der Waals surface area contributed by atoms with E-state index in [0.717, 1.165) is 17.8 Å². The van der Waals surface area contributed by atoms with Gasteiger partial charge < -0.3 is 25.7 Å². The highest BCUT2D eigenvalue weighted by Crippen LogP contribution is 2.30. The maximum absolute atomic E-state index is 12.8. The SMILES string of the molecule is NC1=c2ccoc2=NCN1c1ccc(NC(=O)Nc2cccc(C(F)(F)F)c2)cc1. The summed E-state index contributed by atoms with van der Waals surface area (Å²) in [7, 11) is 0. The Morgan fingerprint density at radius 3 is 2.53 bits per heavy atom. The summed E-state index contributed by atoms with van der Waals surface area (Å²) in [5, 5.41) is 5.66. The van der Waals surface area contributed by atoms with Crippen LogP contribution >= 0.6 is 0 Å². The normalized spacial score (nSPS) is 13.4. The lowest BCUT2D eigenvalue weighted by molar-refractivity contribution is -0.137. The summed E-state index contributed by atoms with van der Waals surface area (Å²) in [4.78, 5) is 18.2. The summed E-state index contributed by atoms with van der Waals surface area (Å²) in [5.41, 5.74) is 7.06. The van der Waals surface area contributed by atoms with Crippen molar-refractivity contribution in [3.63, 3.8) is 0 Å². The second-order valence-electron chi connectivity index (χ2n) is 6.46. The van der Waals surface area contributed by atoms with Gasteiger partial charge in [0.15, 0.2) is 0 Å². The Morgan fingerprint density at radius 1 is 1.07 bits per heavy atom. The van der Waals surface area contributed by atoms with Gasteiger partial charge in [-0.1, -0.05) is 6.07 Å². The minimum Gasteiger partial charge on any atom is -0.446 e. The lowest BCUT2D eigenvalue weighted by atomic mass is 10.2. The maximum atomic E-state index is 12.8. The number of fused-ring (bicyclic) bond motifs is 1. The Bertz CT molecular complexity index is 1200. The molecule has 0 spiro atoms. The Balaban J connectivity index is 1.44. The topological polar surface area (TPSA) is 95.9 Å². The number of halogens is 3. The Labute approximate surface area is 168 Å². The van der Waals surface area contributed by atoms with Crippen molar-refractivity contribution < 1.29 is 22.4 Å². The zero-order valence-corrected chi connectivity index (χ0v) is 15.4. The molecular weight excluding hydrogens is 399 g/mol. The highest BCUT2D eigenvalue weighted by atomic mass is 19.4. The molecular formula is C20H16F3N5O2. The molecule has 3 aromatic rings. The van der Waals surface area contributed by atoms with Crippen LogP contribution in [0.15, 0.2) is 70.3 Å². The van der Waals surface area contributed by atoms with Gasteiger partial charge in [0.1, 0.15) is 12.5 Å². The van der Waals surface area contributed by atoms with Gasteiger partial charge in [0, 0.05) is 17.1 Å². The number of amides is 2. The van der Waals surface area contributed by atoms with Crippen LogP contribution in [0, 0.1) is 0 Å². The average Bonchev–Trinajstić information content (AvgIpc) is 3.18. The number of hydrogen-bond donors (Lipinski definition) is 3. The third kappa shape index (κ3) is 3.93. The predicted octanol–water partition coefficient (Wildman–Crippen LogP) is 3.06. The lowest BCUT2D eigenvalue weighted by Crippen LogP contribution is -2.42. The van der Waals surface area contributed by atoms with Gasteiger partial charge >= 0.3 is 12.2 Å². The quantitative estimate of drug-likeness (QED) is 0.613. The summed E-state index contributed by atoms with van der Waals surface area (Å²) in [6.07, 6.45) is -2.97. The van der Waals surface area contributed by atoms with Gasteiger partial charge in [0.2, 0.25) is 5.55 Å². The molecule has 1 aliphatic heterocycles. The van der Waals surface area contributed by atoms with E-state index in [-0.39, 0.29) is 12.4 Å². The molecule has 154 valence electrons. The number of hydrogen-bond acceptors (Lipinski definition) is 5. The number of benzene rings is 2. The van der Waals surface area contributed by atoms with Gasteiger partial charge in [0.25, 0.3) is 0 Å². The number of nitrogens with two attached hydrogens (primary N) is 1. The van der Waals surface area contributed by atoms with Crippen LogP contribution in [0.2, 0.25) is 0 Å². The molecule has 0 bridgehead atoms. The van der Waals surface area contributed by atoms with Crippen molar-refractivity contribution in [2.75, 3.05) is 22.2 Å². The Hall–Kier alpha value is -3.95. The molecule has 0 saturated carbocycles. The highest BCUT2D eigenvalue weighted by Gasteiger charge is 2.30. The summed E-state index contributed by atoms with van der Waals surface area (Å²) in [5.74, 6) is 0.497. The van der Waals surface area contributed by atoms with Gasteiger partial charge in [-0.15, -0.1) is 0 Å². The van der Waals surface area contributed by atoms with Crippen LogP contribution < -0.4 is 32.0 Å². The van der Waals surface area contributed by atoms with Crippen LogP contribution in [0.1, 0.15) is 5.56 Å². The number of anilines is 3. The van der Waals surface area contributed by atoms with E-state index in [2.05, 4.69) is 15.6 Å². The Kier molecular flexibility index (Phi) is 4.82. The van der Waals surface area contributed by atoms with Crippen LogP contribution in [0.5, 0.6) is 0 Å². The standard InChI is InChI=1S/C20H16F3N5O2/c21-20(22,23)12-2-1-3-14(10-12)27-19(29)26-13-4-6-15(7-5-13)28-11-25-18-16(17(28)24)8-9-30-18/h1-10H,11,24H2,(H2,26,27,29). The molecule has 0 saturated heterocycles. The van der Waals surface area contributed by atoms with Crippen molar-refractivity contribution in [1.82, 2.24) is 0 Å². The van der Waals surface area contributed by atoms with Crippen LogP contribution in [0.25, 0.3) is 5.82 Å². The summed E-state index contributed by atoms with van der Waals surface area (Å²) in [6.45, 7) is 0.287. The molecule has 1 aromatic heterocycles. The van der Waals surface area contributed by atoms with Crippen molar-refractivity contribution in [3.05, 3.63) is 77.2 Å². The summed E-state index contributed by atoms with van der Waals surface area (Å²) in [6, 6.07) is 12.3. The molecule has 0 unspecified atom stereocenters. The molecule has 0 aliphatic carbocycles. The fraction of sp³-hybridized carbons (Fsp3) is 0.100. The number of carbonyl (C=O) groups excluding carboxylic acids is 1. The lowest BCUT2D eigenvalue weighted by Gasteiger charge is -2.24. The molecule has 10 heteroatoms. The molecule has 30 heavy (non-hydrogen) atoms. The van der Waals surface area contributed by atoms with Gasteiger partial charge in [-0.25, -0.2) is 9.79 Å². The number of urea groups is 1. The monoisotopic (exact) mass is 415 g/mol. The minimum absolute atomic E-state index is 0.0344. The molecule has 1 aliphatic rings. The first kappa shape index (κ1) is 19.4. The van der Waals surface area contributed by atoms with Crippen molar-refractivity contribution in [1.29, 1.82) is 0 Å². The van der Waals surface area contributed by atoms with Crippen molar-refractivity contribution in [3.8, 4) is 0 Å². The first-order valence-corrected chi connectivity index (χ1v) is 8.82. The van der Waals surface area contributed by atoms with Gasteiger partial charge in [0.05, 0.1) is 17.0 Å². The van der Waals surface area contributed by atoms with Gasteiger partial charge in [-0.3, -0.25) is 0 Å². The number of nitrogens with one attached hydrogen (secondary N) is 2. The van der Waals surface area contributed by atoms with E-state index >= 15 is 0 Å². The smallest absolute Gasteiger partial charge is 0.416 e. The first-order valence-electron chi connectivity index (χ1n) is 8.82. The largest absolute Gasteiger partial charge is 0.446 e. The summed E-state index contributed by atoms with van der Waals surface area (Å²) >= 11 is 0. The van der Waals surface area contributed by atoms with E-state index in [1.165, 1.54) is 18.4 Å². The molecule has 0 fully saturated rings. The highest BCUT2D eigenvalue weighted by molar-refractivity contribution is 5.99. The number of alkyl halides is 3. The van der Waals surface area contributed by atoms with E-state index in [4.69, 9.17) is 10.2 Å². The molecule has 4 rings (SSSR count). The molecule has 2 heterocycles. The van der Waals surface area contributed by atoms with Crippen molar-refractivity contribution in [2.24, 2.45) is 10.7 Å². The molecule has 2 aromatic carbocycles. The van der Waals surface area contributed by atoms with E-state index < -0.39 is 17.8 Å². The van der Waals surface area contributed by atoms with E-state index in [1.807, 2.05) is 0 Å². The van der Waals surface area contributed by atoms with E-state index in [1.54, 1.807) is 35.2 Å². The third-order valence-electron chi connectivity index (χ3n) is 4.45. The summed E-state index contributed by atoms with van der Waals surface area (Å²) < 4.78 is 43.6. The molecule has 4 N–H and O–H groups in total. The van der Waals surface area contributed by atoms with E-state index in [9.17, 15) is 18.0 Å². The fourth-order valence-electron chi connectivity index (χ4n) is 2.99. The fourth-order valence-corrected chi connectivity index (χ4v) is 2.99. The first-order chi connectivity index (χ1) is 14.3. The second-order valence-corrected chi connectivity index (χ2v) is 6.46. The van der Waals surface area contributed by atoms with Crippen LogP contribution in [-0.4, -0.2) is 12.7 Å². The number of rotatable bonds is 3. The van der Waals surface area contributed by atoms with Crippen LogP contribution in [-0.2, 0) is 6.18 Å². The number of carbonyl (C=O) groups is 1. The molecule has 0 radical (unpaired) electrons.